The lowest BCUT2D eigenvalue weighted by Crippen LogP contribution is -2.35. The predicted molar refractivity (Wildman–Crippen MR) is 79.8 cm³/mol. The zero-order valence-corrected chi connectivity index (χ0v) is 11.9. The lowest BCUT2D eigenvalue weighted by molar-refractivity contribution is -0.383. The lowest BCUT2D eigenvalue weighted by Gasteiger charge is -2.27. The molecule has 2 aromatic rings. The van der Waals surface area contributed by atoms with Crippen molar-refractivity contribution in [2.24, 2.45) is 0 Å². The van der Waals surface area contributed by atoms with Crippen molar-refractivity contribution < 1.29 is 14.8 Å². The number of phenols is 1. The summed E-state index contributed by atoms with van der Waals surface area (Å²) in [5.41, 5.74) is -0.196. The number of benzene rings is 1. The highest BCUT2D eigenvalue weighted by Gasteiger charge is 2.26. The van der Waals surface area contributed by atoms with Gasteiger partial charge in [0.05, 0.1) is 15.9 Å². The number of phenolic OH excluding ortho intramolecular Hbond substituents is 1. The van der Waals surface area contributed by atoms with Crippen molar-refractivity contribution in [2.45, 2.75) is 19.3 Å². The summed E-state index contributed by atoms with van der Waals surface area (Å²) in [6.45, 7) is 1.21. The highest BCUT2D eigenvalue weighted by atomic mass is 16.6. The number of non-ortho nitro benzene ring substituents is 1. The van der Waals surface area contributed by atoms with Gasteiger partial charge in [-0.3, -0.25) is 19.9 Å². The maximum Gasteiger partial charge on any atom is 0.279 e. The molecule has 0 saturated carbocycles. The van der Waals surface area contributed by atoms with Crippen molar-refractivity contribution in [3.63, 3.8) is 0 Å². The van der Waals surface area contributed by atoms with Gasteiger partial charge in [-0.2, -0.15) is 0 Å². The molecule has 0 unspecified atom stereocenters. The average Bonchev–Trinajstić information content (AvgIpc) is 2.55. The Bertz CT molecular complexity index is 754. The second-order valence-electron chi connectivity index (χ2n) is 5.30. The predicted octanol–water partition coefficient (Wildman–Crippen LogP) is 2.47. The fraction of sp³-hybridized carbons (Fsp3) is 0.333. The number of aromatic nitrogens is 1. The van der Waals surface area contributed by atoms with E-state index in [1.165, 1.54) is 12.3 Å². The minimum atomic E-state index is -0.559. The maximum atomic E-state index is 12.6. The second kappa shape index (κ2) is 5.59. The highest BCUT2D eigenvalue weighted by molar-refractivity contribution is 6.05. The van der Waals surface area contributed by atoms with E-state index < -0.39 is 4.92 Å². The second-order valence-corrected chi connectivity index (χ2v) is 5.30. The molecule has 3 rings (SSSR count). The molecule has 0 radical (unpaired) electrons. The van der Waals surface area contributed by atoms with Crippen LogP contribution in [0.4, 0.5) is 5.69 Å². The molecular weight excluding hydrogens is 286 g/mol. The van der Waals surface area contributed by atoms with Crippen LogP contribution in [0.1, 0.15) is 29.6 Å². The van der Waals surface area contributed by atoms with Crippen LogP contribution in [0.2, 0.25) is 0 Å². The standard InChI is InChI=1S/C15H15N3O4/c19-14-11(15(20)17-7-2-1-3-8-17)9-12(18(21)22)10-5-4-6-16-13(10)14/h4-6,9,19H,1-3,7-8H2. The summed E-state index contributed by atoms with van der Waals surface area (Å²) < 4.78 is 0. The first kappa shape index (κ1) is 14.2. The SMILES string of the molecule is O=C(c1cc([N+](=O)[O-])c2cccnc2c1O)N1CCCCC1. The number of aromatic hydroxyl groups is 1. The number of piperidine rings is 1. The van der Waals surface area contributed by atoms with Gasteiger partial charge in [0.15, 0.2) is 5.75 Å². The van der Waals surface area contributed by atoms with E-state index in [4.69, 9.17) is 0 Å². The number of hydrogen-bond donors (Lipinski definition) is 1. The molecule has 7 nitrogen and oxygen atoms in total. The molecular formula is C15H15N3O4. The lowest BCUT2D eigenvalue weighted by atomic mass is 10.0. The van der Waals surface area contributed by atoms with Crippen molar-refractivity contribution >= 4 is 22.5 Å². The van der Waals surface area contributed by atoms with E-state index in [1.807, 2.05) is 0 Å². The first-order valence-electron chi connectivity index (χ1n) is 7.14. The monoisotopic (exact) mass is 301 g/mol. The summed E-state index contributed by atoms with van der Waals surface area (Å²) in [4.78, 5) is 28.9. The zero-order valence-electron chi connectivity index (χ0n) is 11.9. The third-order valence-corrected chi connectivity index (χ3v) is 3.91. The van der Waals surface area contributed by atoms with E-state index in [9.17, 15) is 20.0 Å². The van der Waals surface area contributed by atoms with E-state index in [-0.39, 0.29) is 33.8 Å². The van der Waals surface area contributed by atoms with E-state index >= 15 is 0 Å². The summed E-state index contributed by atoms with van der Waals surface area (Å²) >= 11 is 0. The van der Waals surface area contributed by atoms with Gasteiger partial charge >= 0.3 is 0 Å². The number of amides is 1. The zero-order chi connectivity index (χ0) is 15.7. The van der Waals surface area contributed by atoms with Gasteiger partial charge in [-0.1, -0.05) is 0 Å². The Kier molecular flexibility index (Phi) is 3.62. The highest BCUT2D eigenvalue weighted by Crippen LogP contribution is 2.35. The molecule has 0 atom stereocenters. The molecule has 2 heterocycles. The van der Waals surface area contributed by atoms with Crippen LogP contribution in [0.25, 0.3) is 10.9 Å². The van der Waals surface area contributed by atoms with Crippen LogP contribution in [0.5, 0.6) is 5.75 Å². The number of nitrogens with zero attached hydrogens (tertiary/aromatic N) is 3. The number of hydrogen-bond acceptors (Lipinski definition) is 5. The van der Waals surface area contributed by atoms with Gasteiger partial charge in [-0.05, 0) is 31.4 Å². The van der Waals surface area contributed by atoms with Crippen molar-refractivity contribution in [3.8, 4) is 5.75 Å². The number of pyridine rings is 1. The maximum absolute atomic E-state index is 12.6. The van der Waals surface area contributed by atoms with Gasteiger partial charge in [-0.25, -0.2) is 0 Å². The fourth-order valence-electron chi connectivity index (χ4n) is 2.79. The molecule has 1 N–H and O–H groups in total. The van der Waals surface area contributed by atoms with E-state index in [1.54, 1.807) is 11.0 Å². The average molecular weight is 301 g/mol. The first-order chi connectivity index (χ1) is 10.6. The number of nitro groups is 1. The van der Waals surface area contributed by atoms with Crippen molar-refractivity contribution in [2.75, 3.05) is 13.1 Å². The molecule has 1 fully saturated rings. The quantitative estimate of drug-likeness (QED) is 0.679. The molecule has 1 amide bonds. The molecule has 0 spiro atoms. The number of fused-ring (bicyclic) bond motifs is 1. The Labute approximate surface area is 126 Å². The molecule has 7 heteroatoms. The van der Waals surface area contributed by atoms with Gasteiger partial charge in [-0.15, -0.1) is 0 Å². The largest absolute Gasteiger partial charge is 0.505 e. The van der Waals surface area contributed by atoms with Crippen LogP contribution in [0, 0.1) is 10.1 Å². The first-order valence-corrected chi connectivity index (χ1v) is 7.14. The third kappa shape index (κ3) is 2.34. The molecule has 22 heavy (non-hydrogen) atoms. The van der Waals surface area contributed by atoms with Crippen molar-refractivity contribution in [1.82, 2.24) is 9.88 Å². The van der Waals surface area contributed by atoms with Gasteiger partial charge in [0, 0.05) is 25.4 Å². The molecule has 114 valence electrons. The van der Waals surface area contributed by atoms with E-state index in [2.05, 4.69) is 4.98 Å². The van der Waals surface area contributed by atoms with E-state index in [0.717, 1.165) is 25.3 Å². The molecule has 0 bridgehead atoms. The Morgan fingerprint density at radius 2 is 2.05 bits per heavy atom. The van der Waals surface area contributed by atoms with Crippen LogP contribution in [-0.2, 0) is 0 Å². The van der Waals surface area contributed by atoms with Gasteiger partial charge in [0.2, 0.25) is 0 Å². The summed E-state index contributed by atoms with van der Waals surface area (Å²) in [5.74, 6) is -0.676. The fourth-order valence-corrected chi connectivity index (χ4v) is 2.79. The molecule has 1 aromatic carbocycles. The molecule has 1 saturated heterocycles. The Morgan fingerprint density at radius 3 is 2.73 bits per heavy atom. The number of nitro benzene ring substituents is 1. The van der Waals surface area contributed by atoms with Crippen molar-refractivity contribution in [1.29, 1.82) is 0 Å². The molecule has 1 aliphatic heterocycles. The Balaban J connectivity index is 2.15. The Morgan fingerprint density at radius 1 is 1.32 bits per heavy atom. The summed E-state index contributed by atoms with van der Waals surface area (Å²) in [6, 6.07) is 4.21. The van der Waals surface area contributed by atoms with Crippen LogP contribution in [0.15, 0.2) is 24.4 Å². The van der Waals surface area contributed by atoms with Crippen LogP contribution in [0.3, 0.4) is 0 Å². The normalized spacial score (nSPS) is 15.0. The number of rotatable bonds is 2. The van der Waals surface area contributed by atoms with Crippen molar-refractivity contribution in [3.05, 3.63) is 40.1 Å². The number of carbonyl (C=O) groups is 1. The van der Waals surface area contributed by atoms with Crippen LogP contribution < -0.4 is 0 Å². The molecule has 1 aliphatic rings. The van der Waals surface area contributed by atoms with Gasteiger partial charge in [0.25, 0.3) is 11.6 Å². The molecule has 1 aromatic heterocycles. The smallest absolute Gasteiger partial charge is 0.279 e. The molecule has 0 aliphatic carbocycles. The third-order valence-electron chi connectivity index (χ3n) is 3.91. The van der Waals surface area contributed by atoms with Gasteiger partial charge in [0.1, 0.15) is 5.52 Å². The van der Waals surface area contributed by atoms with Gasteiger partial charge < -0.3 is 10.0 Å². The number of carbonyl (C=O) groups excluding carboxylic acids is 1. The summed E-state index contributed by atoms with van der Waals surface area (Å²) in [7, 11) is 0. The minimum Gasteiger partial charge on any atom is -0.505 e. The van der Waals surface area contributed by atoms with Crippen LogP contribution in [-0.4, -0.2) is 38.9 Å². The number of likely N-dealkylation sites (tertiary alicyclic amines) is 1. The summed E-state index contributed by atoms with van der Waals surface area (Å²) in [5, 5.41) is 21.8. The summed E-state index contributed by atoms with van der Waals surface area (Å²) in [6.07, 6.45) is 4.30. The topological polar surface area (TPSA) is 96.6 Å². The van der Waals surface area contributed by atoms with E-state index in [0.29, 0.717) is 13.1 Å². The Hall–Kier alpha value is -2.70. The van der Waals surface area contributed by atoms with Crippen LogP contribution >= 0.6 is 0 Å². The minimum absolute atomic E-state index is 0.0557.